The van der Waals surface area contributed by atoms with Crippen molar-refractivity contribution < 1.29 is 14.7 Å². The summed E-state index contributed by atoms with van der Waals surface area (Å²) in [6.45, 7) is 4.74. The highest BCUT2D eigenvalue weighted by Gasteiger charge is 2.36. The summed E-state index contributed by atoms with van der Waals surface area (Å²) in [7, 11) is 0. The number of carbonyl (C=O) groups is 2. The van der Waals surface area contributed by atoms with Crippen molar-refractivity contribution >= 4 is 11.9 Å². The molecule has 0 spiro atoms. The molecule has 1 rings (SSSR count). The van der Waals surface area contributed by atoms with Gasteiger partial charge in [0.15, 0.2) is 0 Å². The molecule has 0 saturated carbocycles. The maximum atomic E-state index is 12.3. The van der Waals surface area contributed by atoms with Crippen molar-refractivity contribution in [2.45, 2.75) is 58.4 Å². The average Bonchev–Trinajstić information content (AvgIpc) is 2.76. The highest BCUT2D eigenvalue weighted by molar-refractivity contribution is 5.85. The first-order valence-electron chi connectivity index (χ1n) is 6.65. The van der Waals surface area contributed by atoms with Gasteiger partial charge in [0.1, 0.15) is 6.04 Å². The Kier molecular flexibility index (Phi) is 5.45. The second-order valence-corrected chi connectivity index (χ2v) is 4.80. The second kappa shape index (κ2) is 6.62. The minimum absolute atomic E-state index is 0.0185. The summed E-state index contributed by atoms with van der Waals surface area (Å²) in [5.41, 5.74) is 0. The Labute approximate surface area is 103 Å². The van der Waals surface area contributed by atoms with E-state index in [4.69, 9.17) is 5.11 Å². The summed E-state index contributed by atoms with van der Waals surface area (Å²) in [6, 6.07) is -0.585. The Bertz CT molecular complexity index is 272. The highest BCUT2D eigenvalue weighted by atomic mass is 16.4. The third-order valence-electron chi connectivity index (χ3n) is 3.44. The molecule has 4 nitrogen and oxygen atoms in total. The molecule has 0 unspecified atom stereocenters. The van der Waals surface area contributed by atoms with Gasteiger partial charge < -0.3 is 10.0 Å². The standard InChI is InChI=1S/C13H23NO3/c1-3-6-10(7-4-2)12(15)14-9-5-8-11(14)13(16)17/h10-11H,3-9H2,1-2H3,(H,16,17)/t11-/m0/s1. The van der Waals surface area contributed by atoms with E-state index in [0.29, 0.717) is 13.0 Å². The molecule has 0 radical (unpaired) electrons. The van der Waals surface area contributed by atoms with Crippen LogP contribution in [0.3, 0.4) is 0 Å². The van der Waals surface area contributed by atoms with Crippen LogP contribution in [0.25, 0.3) is 0 Å². The van der Waals surface area contributed by atoms with Crippen LogP contribution >= 0.6 is 0 Å². The predicted molar refractivity (Wildman–Crippen MR) is 65.7 cm³/mol. The van der Waals surface area contributed by atoms with Gasteiger partial charge in [-0.3, -0.25) is 4.79 Å². The second-order valence-electron chi connectivity index (χ2n) is 4.80. The van der Waals surface area contributed by atoms with Crippen molar-refractivity contribution in [3.63, 3.8) is 0 Å². The topological polar surface area (TPSA) is 57.6 Å². The van der Waals surface area contributed by atoms with Crippen LogP contribution in [0.2, 0.25) is 0 Å². The number of aliphatic carboxylic acids is 1. The van der Waals surface area contributed by atoms with Gasteiger partial charge in [-0.2, -0.15) is 0 Å². The molecule has 1 N–H and O–H groups in total. The number of rotatable bonds is 6. The van der Waals surface area contributed by atoms with E-state index in [0.717, 1.165) is 32.1 Å². The molecule has 0 aliphatic carbocycles. The largest absolute Gasteiger partial charge is 0.480 e. The Hall–Kier alpha value is -1.06. The fourth-order valence-electron chi connectivity index (χ4n) is 2.61. The average molecular weight is 241 g/mol. The molecule has 98 valence electrons. The first-order valence-corrected chi connectivity index (χ1v) is 6.65. The fraction of sp³-hybridized carbons (Fsp3) is 0.846. The summed E-state index contributed by atoms with van der Waals surface area (Å²) in [5.74, 6) is -0.786. The van der Waals surface area contributed by atoms with Crippen LogP contribution in [0.4, 0.5) is 0 Å². The molecule has 17 heavy (non-hydrogen) atoms. The van der Waals surface area contributed by atoms with Crippen LogP contribution in [-0.2, 0) is 9.59 Å². The van der Waals surface area contributed by atoms with Crippen LogP contribution in [0, 0.1) is 5.92 Å². The Morgan fingerprint density at radius 3 is 2.35 bits per heavy atom. The summed E-state index contributed by atoms with van der Waals surface area (Å²) in [5, 5.41) is 9.08. The van der Waals surface area contributed by atoms with Gasteiger partial charge in [-0.15, -0.1) is 0 Å². The SMILES string of the molecule is CCCC(CCC)C(=O)N1CCC[C@H]1C(=O)O. The normalized spacial score (nSPS) is 19.9. The van der Waals surface area contributed by atoms with Gasteiger partial charge >= 0.3 is 5.97 Å². The van der Waals surface area contributed by atoms with Gasteiger partial charge in [-0.05, 0) is 25.7 Å². The summed E-state index contributed by atoms with van der Waals surface area (Å²) >= 11 is 0. The monoisotopic (exact) mass is 241 g/mol. The minimum Gasteiger partial charge on any atom is -0.480 e. The molecule has 0 aromatic heterocycles. The molecular formula is C13H23NO3. The van der Waals surface area contributed by atoms with Gasteiger partial charge in [-0.1, -0.05) is 26.7 Å². The van der Waals surface area contributed by atoms with Crippen LogP contribution in [0.1, 0.15) is 52.4 Å². The smallest absolute Gasteiger partial charge is 0.326 e. The Balaban J connectivity index is 2.68. The van der Waals surface area contributed by atoms with Gasteiger partial charge in [0.25, 0.3) is 0 Å². The van der Waals surface area contributed by atoms with Gasteiger partial charge in [0.2, 0.25) is 5.91 Å². The van der Waals surface area contributed by atoms with E-state index in [1.165, 1.54) is 0 Å². The Morgan fingerprint density at radius 2 is 1.88 bits per heavy atom. The number of likely N-dealkylation sites (tertiary alicyclic amines) is 1. The molecule has 1 heterocycles. The van der Waals surface area contributed by atoms with E-state index in [1.807, 2.05) is 0 Å². The molecule has 4 heteroatoms. The summed E-state index contributed by atoms with van der Waals surface area (Å²) in [4.78, 5) is 24.9. The molecule has 1 aliphatic heterocycles. The van der Waals surface area contributed by atoms with E-state index in [-0.39, 0.29) is 11.8 Å². The molecule has 0 bridgehead atoms. The van der Waals surface area contributed by atoms with Crippen molar-refractivity contribution in [2.24, 2.45) is 5.92 Å². The molecule has 1 aliphatic rings. The van der Waals surface area contributed by atoms with Crippen LogP contribution in [0.15, 0.2) is 0 Å². The molecule has 1 atom stereocenters. The number of amides is 1. The third kappa shape index (κ3) is 3.45. The zero-order valence-electron chi connectivity index (χ0n) is 10.8. The summed E-state index contributed by atoms with van der Waals surface area (Å²) < 4.78 is 0. The van der Waals surface area contributed by atoms with Crippen molar-refractivity contribution in [1.82, 2.24) is 4.90 Å². The number of nitrogens with zero attached hydrogens (tertiary/aromatic N) is 1. The highest BCUT2D eigenvalue weighted by Crippen LogP contribution is 2.24. The van der Waals surface area contributed by atoms with E-state index in [1.54, 1.807) is 4.90 Å². The van der Waals surface area contributed by atoms with Crippen LogP contribution < -0.4 is 0 Å². The van der Waals surface area contributed by atoms with E-state index >= 15 is 0 Å². The van der Waals surface area contributed by atoms with Crippen molar-refractivity contribution in [3.05, 3.63) is 0 Å². The lowest BCUT2D eigenvalue weighted by atomic mass is 9.96. The number of carboxylic acid groups (broad SMARTS) is 1. The zero-order chi connectivity index (χ0) is 12.8. The van der Waals surface area contributed by atoms with Gasteiger partial charge in [0.05, 0.1) is 0 Å². The maximum Gasteiger partial charge on any atom is 0.326 e. The lowest BCUT2D eigenvalue weighted by Crippen LogP contribution is -2.43. The molecular weight excluding hydrogens is 218 g/mol. The lowest BCUT2D eigenvalue weighted by Gasteiger charge is -2.26. The fourth-order valence-corrected chi connectivity index (χ4v) is 2.61. The maximum absolute atomic E-state index is 12.3. The van der Waals surface area contributed by atoms with Crippen molar-refractivity contribution in [3.8, 4) is 0 Å². The first kappa shape index (κ1) is 14.0. The van der Waals surface area contributed by atoms with E-state index < -0.39 is 12.0 Å². The van der Waals surface area contributed by atoms with Crippen LogP contribution in [-0.4, -0.2) is 34.5 Å². The van der Waals surface area contributed by atoms with Crippen LogP contribution in [0.5, 0.6) is 0 Å². The molecule has 1 fully saturated rings. The third-order valence-corrected chi connectivity index (χ3v) is 3.44. The summed E-state index contributed by atoms with van der Waals surface area (Å²) in [6.07, 6.45) is 5.11. The molecule has 0 aromatic rings. The first-order chi connectivity index (χ1) is 8.11. The zero-order valence-corrected chi connectivity index (χ0v) is 10.8. The van der Waals surface area contributed by atoms with Gasteiger partial charge in [0, 0.05) is 12.5 Å². The van der Waals surface area contributed by atoms with E-state index in [2.05, 4.69) is 13.8 Å². The molecule has 1 saturated heterocycles. The quantitative estimate of drug-likeness (QED) is 0.776. The molecule has 1 amide bonds. The number of hydrogen-bond acceptors (Lipinski definition) is 2. The number of hydrogen-bond donors (Lipinski definition) is 1. The Morgan fingerprint density at radius 1 is 1.29 bits per heavy atom. The van der Waals surface area contributed by atoms with Crippen molar-refractivity contribution in [2.75, 3.05) is 6.54 Å². The van der Waals surface area contributed by atoms with Crippen molar-refractivity contribution in [1.29, 1.82) is 0 Å². The lowest BCUT2D eigenvalue weighted by molar-refractivity contribution is -0.150. The predicted octanol–water partition coefficient (Wildman–Crippen LogP) is 2.28. The van der Waals surface area contributed by atoms with Gasteiger partial charge in [-0.25, -0.2) is 4.79 Å². The number of carbonyl (C=O) groups excluding carboxylic acids is 1. The minimum atomic E-state index is -0.859. The number of carboxylic acids is 1. The molecule has 0 aromatic carbocycles. The van der Waals surface area contributed by atoms with E-state index in [9.17, 15) is 9.59 Å².